The fourth-order valence-corrected chi connectivity index (χ4v) is 1.12. The van der Waals surface area contributed by atoms with E-state index >= 15 is 0 Å². The van der Waals surface area contributed by atoms with E-state index in [1.165, 1.54) is 18.3 Å². The molecule has 3 nitrogen and oxygen atoms in total. The largest absolute Gasteiger partial charge is 0.302 e. The average molecular weight is 178 g/mol. The molecule has 54 valence electrons. The highest BCUT2D eigenvalue weighted by atomic mass is 35.5. The van der Waals surface area contributed by atoms with Crippen LogP contribution in [0.15, 0.2) is 23.2 Å². The van der Waals surface area contributed by atoms with Crippen molar-refractivity contribution in [2.24, 2.45) is 0 Å². The molecule has 0 amide bonds. The van der Waals surface area contributed by atoms with Gasteiger partial charge in [0.2, 0.25) is 0 Å². The molecule has 0 saturated heterocycles. The van der Waals surface area contributed by atoms with Crippen LogP contribution in [0.5, 0.6) is 0 Å². The van der Waals surface area contributed by atoms with Crippen molar-refractivity contribution in [1.29, 1.82) is 0 Å². The summed E-state index contributed by atoms with van der Waals surface area (Å²) in [6.45, 7) is 0. The molecule has 0 aliphatic heterocycles. The van der Waals surface area contributed by atoms with Crippen molar-refractivity contribution in [3.8, 4) is 0 Å². The molecule has 0 aliphatic rings. The van der Waals surface area contributed by atoms with Crippen LogP contribution in [0.3, 0.4) is 0 Å². The third kappa shape index (κ3) is 1.76. The predicted molar refractivity (Wildman–Crippen MR) is 38.3 cm³/mol. The van der Waals surface area contributed by atoms with Crippen molar-refractivity contribution >= 4 is 22.7 Å². The normalized spacial score (nSPS) is 13.0. The molecule has 0 spiro atoms. The Kier molecular flexibility index (Phi) is 2.37. The van der Waals surface area contributed by atoms with Gasteiger partial charge in [0.15, 0.2) is 11.1 Å². The number of hydrogen-bond acceptors (Lipinski definition) is 2. The minimum absolute atomic E-state index is 0.222. The highest BCUT2D eigenvalue weighted by Crippen LogP contribution is 2.08. The van der Waals surface area contributed by atoms with E-state index in [4.69, 9.17) is 16.2 Å². The topological polar surface area (TPSA) is 50.2 Å². The van der Waals surface area contributed by atoms with Crippen molar-refractivity contribution in [1.82, 2.24) is 4.98 Å². The van der Waals surface area contributed by atoms with Crippen LogP contribution in [0.1, 0.15) is 0 Å². The number of nitrogens with zero attached hydrogens (tertiary/aromatic N) is 1. The molecule has 1 heterocycles. The summed E-state index contributed by atoms with van der Waals surface area (Å²) in [4.78, 5) is 3.91. The number of hydrogen-bond donors (Lipinski definition) is 1. The lowest BCUT2D eigenvalue weighted by atomic mass is 10.5. The summed E-state index contributed by atoms with van der Waals surface area (Å²) >= 11 is 3.47. The molecule has 0 fully saturated rings. The van der Waals surface area contributed by atoms with Crippen molar-refractivity contribution in [3.05, 3.63) is 23.5 Å². The molecule has 0 bridgehead atoms. The first kappa shape index (κ1) is 7.65. The van der Waals surface area contributed by atoms with Gasteiger partial charge in [0.05, 0.1) is 4.90 Å². The maximum absolute atomic E-state index is 10.4. The number of aromatic nitrogens is 1. The summed E-state index contributed by atoms with van der Waals surface area (Å²) in [5.74, 6) is 0. The fourth-order valence-electron chi connectivity index (χ4n) is 0.493. The SMILES string of the molecule is O=S(O)c1ccnc(Cl)c1. The summed E-state index contributed by atoms with van der Waals surface area (Å²) in [6, 6.07) is 2.78. The third-order valence-electron chi connectivity index (χ3n) is 0.900. The molecule has 0 aromatic carbocycles. The summed E-state index contributed by atoms with van der Waals surface area (Å²) in [5.41, 5.74) is 0. The smallest absolute Gasteiger partial charge is 0.186 e. The van der Waals surface area contributed by atoms with Gasteiger partial charge in [0, 0.05) is 6.20 Å². The first-order valence-corrected chi connectivity index (χ1v) is 3.91. The van der Waals surface area contributed by atoms with Gasteiger partial charge in [-0.25, -0.2) is 9.19 Å². The Labute approximate surface area is 65.3 Å². The van der Waals surface area contributed by atoms with Gasteiger partial charge in [0.1, 0.15) is 5.15 Å². The lowest BCUT2D eigenvalue weighted by Crippen LogP contribution is -1.87. The van der Waals surface area contributed by atoms with Crippen LogP contribution in [-0.4, -0.2) is 13.7 Å². The quantitative estimate of drug-likeness (QED) is 0.520. The van der Waals surface area contributed by atoms with E-state index in [0.29, 0.717) is 0 Å². The molecule has 1 unspecified atom stereocenters. The van der Waals surface area contributed by atoms with Gasteiger partial charge in [-0.2, -0.15) is 0 Å². The molecule has 10 heavy (non-hydrogen) atoms. The summed E-state index contributed by atoms with van der Waals surface area (Å²) in [5, 5.41) is 0.222. The van der Waals surface area contributed by atoms with Gasteiger partial charge < -0.3 is 4.55 Å². The van der Waals surface area contributed by atoms with E-state index in [2.05, 4.69) is 4.98 Å². The number of halogens is 1. The molecule has 1 aromatic heterocycles. The molecule has 1 aromatic rings. The predicted octanol–water partition coefficient (Wildman–Crippen LogP) is 1.32. The maximum atomic E-state index is 10.4. The van der Waals surface area contributed by atoms with Gasteiger partial charge in [-0.05, 0) is 12.1 Å². The van der Waals surface area contributed by atoms with Crippen LogP contribution in [0.25, 0.3) is 0 Å². The first-order chi connectivity index (χ1) is 4.70. The molecule has 5 heteroatoms. The molecule has 1 atom stereocenters. The van der Waals surface area contributed by atoms with Crippen LogP contribution in [0, 0.1) is 0 Å². The first-order valence-electron chi connectivity index (χ1n) is 2.42. The zero-order chi connectivity index (χ0) is 7.56. The lowest BCUT2D eigenvalue weighted by molar-refractivity contribution is 0.564. The second-order valence-corrected chi connectivity index (χ2v) is 2.92. The molecule has 0 saturated carbocycles. The molecular formula is C5H4ClNO2S. The monoisotopic (exact) mass is 177 g/mol. The fraction of sp³-hybridized carbons (Fsp3) is 0. The third-order valence-corrected chi connectivity index (χ3v) is 1.76. The van der Waals surface area contributed by atoms with E-state index < -0.39 is 11.1 Å². The van der Waals surface area contributed by atoms with Crippen molar-refractivity contribution in [2.45, 2.75) is 4.90 Å². The van der Waals surface area contributed by atoms with E-state index in [1.54, 1.807) is 0 Å². The lowest BCUT2D eigenvalue weighted by Gasteiger charge is -1.92. The second kappa shape index (κ2) is 3.09. The number of rotatable bonds is 1. The second-order valence-electron chi connectivity index (χ2n) is 1.56. The molecular weight excluding hydrogens is 174 g/mol. The van der Waals surface area contributed by atoms with Gasteiger partial charge in [-0.3, -0.25) is 0 Å². The molecule has 0 radical (unpaired) electrons. The van der Waals surface area contributed by atoms with E-state index in [1.807, 2.05) is 0 Å². The summed E-state index contributed by atoms with van der Waals surface area (Å²) in [6.07, 6.45) is 1.38. The van der Waals surface area contributed by atoms with E-state index in [9.17, 15) is 4.21 Å². The maximum Gasteiger partial charge on any atom is 0.186 e. The Morgan fingerprint density at radius 1 is 1.70 bits per heavy atom. The van der Waals surface area contributed by atoms with Crippen LogP contribution in [0.4, 0.5) is 0 Å². The molecule has 0 aliphatic carbocycles. The van der Waals surface area contributed by atoms with Gasteiger partial charge in [-0.1, -0.05) is 11.6 Å². The highest BCUT2D eigenvalue weighted by molar-refractivity contribution is 7.79. The van der Waals surface area contributed by atoms with Crippen molar-refractivity contribution in [2.75, 3.05) is 0 Å². The Balaban J connectivity index is 3.07. The molecule has 1 N–H and O–H groups in total. The summed E-state index contributed by atoms with van der Waals surface area (Å²) < 4.78 is 18.9. The minimum atomic E-state index is -1.96. The van der Waals surface area contributed by atoms with Crippen LogP contribution < -0.4 is 0 Å². The number of pyridine rings is 1. The average Bonchev–Trinajstić information content (AvgIpc) is 1.88. The molecule has 1 rings (SSSR count). The summed E-state index contributed by atoms with van der Waals surface area (Å²) in [7, 11) is 0. The standard InChI is InChI=1S/C5H4ClNO2S/c6-5-3-4(10(8)9)1-2-7-5/h1-3H,(H,8,9). The van der Waals surface area contributed by atoms with E-state index in [0.717, 1.165) is 0 Å². The van der Waals surface area contributed by atoms with Crippen molar-refractivity contribution in [3.63, 3.8) is 0 Å². The van der Waals surface area contributed by atoms with Gasteiger partial charge in [-0.15, -0.1) is 0 Å². The van der Waals surface area contributed by atoms with Crippen LogP contribution in [-0.2, 0) is 11.1 Å². The Hall–Kier alpha value is -0.450. The zero-order valence-corrected chi connectivity index (χ0v) is 6.39. The Morgan fingerprint density at radius 3 is 2.80 bits per heavy atom. The van der Waals surface area contributed by atoms with Crippen LogP contribution >= 0.6 is 11.6 Å². The van der Waals surface area contributed by atoms with Crippen molar-refractivity contribution < 1.29 is 8.76 Å². The van der Waals surface area contributed by atoms with Crippen LogP contribution in [0.2, 0.25) is 5.15 Å². The zero-order valence-electron chi connectivity index (χ0n) is 4.82. The Bertz CT molecular complexity index is 266. The van der Waals surface area contributed by atoms with Gasteiger partial charge >= 0.3 is 0 Å². The minimum Gasteiger partial charge on any atom is -0.302 e. The Morgan fingerprint density at radius 2 is 2.40 bits per heavy atom. The highest BCUT2D eigenvalue weighted by Gasteiger charge is 1.98. The van der Waals surface area contributed by atoms with Gasteiger partial charge in [0.25, 0.3) is 0 Å². The van der Waals surface area contributed by atoms with E-state index in [-0.39, 0.29) is 10.0 Å².